The molecule has 26 heavy (non-hydrogen) atoms. The standard InChI is InChI=1S/C22H28N2O2/c1-15-11-22(12-15)8-9-24(20(25)26-21(3,4)5)19(13-22)18-7-6-17(14-23)10-16(18)2/h6-7,10,19H,1,8-9,11-13H2,2-5H3. The van der Waals surface area contributed by atoms with E-state index in [1.54, 1.807) is 0 Å². The number of piperidine rings is 1. The quantitative estimate of drug-likeness (QED) is 0.647. The highest BCUT2D eigenvalue weighted by Crippen LogP contribution is 2.56. The maximum atomic E-state index is 12.8. The van der Waals surface area contributed by atoms with Crippen molar-refractivity contribution in [1.82, 2.24) is 4.90 Å². The molecular formula is C22H28N2O2. The smallest absolute Gasteiger partial charge is 0.410 e. The second-order valence-corrected chi connectivity index (χ2v) is 8.93. The third-order valence-corrected chi connectivity index (χ3v) is 5.52. The lowest BCUT2D eigenvalue weighted by Crippen LogP contribution is -2.49. The molecule has 4 heteroatoms. The van der Waals surface area contributed by atoms with E-state index in [2.05, 4.69) is 12.6 Å². The minimum Gasteiger partial charge on any atom is -0.444 e. The van der Waals surface area contributed by atoms with Crippen molar-refractivity contribution in [2.75, 3.05) is 6.54 Å². The molecule has 0 bridgehead atoms. The van der Waals surface area contributed by atoms with Gasteiger partial charge in [-0.2, -0.15) is 5.26 Å². The Hall–Kier alpha value is -2.28. The van der Waals surface area contributed by atoms with Crippen molar-refractivity contribution >= 4 is 6.09 Å². The summed E-state index contributed by atoms with van der Waals surface area (Å²) in [6.07, 6.45) is 3.79. The molecule has 1 aliphatic heterocycles. The van der Waals surface area contributed by atoms with Gasteiger partial charge in [0.25, 0.3) is 0 Å². The van der Waals surface area contributed by atoms with Gasteiger partial charge in [0, 0.05) is 6.54 Å². The molecule has 1 saturated carbocycles. The number of likely N-dealkylation sites (tertiary alicyclic amines) is 1. The molecule has 1 aliphatic carbocycles. The average Bonchev–Trinajstić information content (AvgIpc) is 2.51. The Bertz CT molecular complexity index is 774. The molecule has 0 radical (unpaired) electrons. The number of hydrogen-bond donors (Lipinski definition) is 0. The first-order valence-electron chi connectivity index (χ1n) is 9.29. The van der Waals surface area contributed by atoms with Crippen molar-refractivity contribution in [3.63, 3.8) is 0 Å². The zero-order valence-electron chi connectivity index (χ0n) is 16.3. The van der Waals surface area contributed by atoms with Crippen LogP contribution < -0.4 is 0 Å². The Morgan fingerprint density at radius 1 is 1.38 bits per heavy atom. The van der Waals surface area contributed by atoms with E-state index in [1.807, 2.05) is 50.8 Å². The van der Waals surface area contributed by atoms with Crippen LogP contribution in [0.15, 0.2) is 30.4 Å². The molecule has 1 heterocycles. The lowest BCUT2D eigenvalue weighted by Gasteiger charge is -2.52. The van der Waals surface area contributed by atoms with Crippen molar-refractivity contribution in [3.8, 4) is 6.07 Å². The number of aryl methyl sites for hydroxylation is 1. The number of hydrogen-bond acceptors (Lipinski definition) is 3. The fourth-order valence-electron chi connectivity index (χ4n) is 4.40. The van der Waals surface area contributed by atoms with E-state index < -0.39 is 5.60 Å². The van der Waals surface area contributed by atoms with E-state index in [1.165, 1.54) is 5.57 Å². The van der Waals surface area contributed by atoms with Gasteiger partial charge >= 0.3 is 6.09 Å². The van der Waals surface area contributed by atoms with Crippen molar-refractivity contribution in [2.24, 2.45) is 5.41 Å². The van der Waals surface area contributed by atoms with Crippen molar-refractivity contribution in [3.05, 3.63) is 47.0 Å². The number of ether oxygens (including phenoxy) is 1. The number of amides is 1. The molecule has 2 fully saturated rings. The number of nitriles is 1. The maximum absolute atomic E-state index is 12.8. The number of nitrogens with zero attached hydrogens (tertiary/aromatic N) is 2. The van der Waals surface area contributed by atoms with Gasteiger partial charge in [0.15, 0.2) is 0 Å². The van der Waals surface area contributed by atoms with Crippen LogP contribution in [-0.4, -0.2) is 23.1 Å². The molecule has 1 unspecified atom stereocenters. The maximum Gasteiger partial charge on any atom is 0.410 e. The molecule has 0 aromatic heterocycles. The van der Waals surface area contributed by atoms with Crippen LogP contribution in [0.1, 0.15) is 69.2 Å². The molecule has 1 spiro atoms. The zero-order valence-corrected chi connectivity index (χ0v) is 16.3. The van der Waals surface area contributed by atoms with Gasteiger partial charge in [-0.05, 0) is 82.1 Å². The number of carbonyl (C=O) groups is 1. The molecule has 1 amide bonds. The van der Waals surface area contributed by atoms with E-state index >= 15 is 0 Å². The zero-order chi connectivity index (χ0) is 19.1. The van der Waals surface area contributed by atoms with Gasteiger partial charge in [-0.15, -0.1) is 0 Å². The molecule has 138 valence electrons. The third kappa shape index (κ3) is 3.62. The predicted molar refractivity (Wildman–Crippen MR) is 102 cm³/mol. The Labute approximate surface area is 156 Å². The van der Waals surface area contributed by atoms with E-state index in [-0.39, 0.29) is 17.6 Å². The lowest BCUT2D eigenvalue weighted by atomic mass is 9.59. The van der Waals surface area contributed by atoms with Crippen LogP contribution in [0.5, 0.6) is 0 Å². The van der Waals surface area contributed by atoms with Crippen LogP contribution in [0.25, 0.3) is 0 Å². The summed E-state index contributed by atoms with van der Waals surface area (Å²) in [5, 5.41) is 9.15. The predicted octanol–water partition coefficient (Wildman–Crippen LogP) is 5.28. The van der Waals surface area contributed by atoms with Gasteiger partial charge in [0.1, 0.15) is 5.60 Å². The monoisotopic (exact) mass is 352 g/mol. The fourth-order valence-corrected chi connectivity index (χ4v) is 4.40. The Balaban J connectivity index is 1.92. The highest BCUT2D eigenvalue weighted by atomic mass is 16.6. The first-order chi connectivity index (χ1) is 12.1. The molecule has 0 N–H and O–H groups in total. The Kier molecular flexibility index (Phi) is 4.60. The highest BCUT2D eigenvalue weighted by molar-refractivity contribution is 5.69. The molecule has 1 aromatic carbocycles. The third-order valence-electron chi connectivity index (χ3n) is 5.52. The first-order valence-corrected chi connectivity index (χ1v) is 9.29. The molecule has 2 aliphatic rings. The number of carbonyl (C=O) groups excluding carboxylic acids is 1. The summed E-state index contributed by atoms with van der Waals surface area (Å²) in [5.41, 5.74) is 3.88. The summed E-state index contributed by atoms with van der Waals surface area (Å²) >= 11 is 0. The summed E-state index contributed by atoms with van der Waals surface area (Å²) in [5.74, 6) is 0. The number of allylic oxidation sites excluding steroid dienone is 1. The van der Waals surface area contributed by atoms with Crippen molar-refractivity contribution in [1.29, 1.82) is 5.26 Å². The second-order valence-electron chi connectivity index (χ2n) is 8.93. The number of rotatable bonds is 1. The molecule has 3 rings (SSSR count). The molecular weight excluding hydrogens is 324 g/mol. The largest absolute Gasteiger partial charge is 0.444 e. The number of benzene rings is 1. The summed E-state index contributed by atoms with van der Waals surface area (Å²) in [6.45, 7) is 12.5. The molecule has 1 atom stereocenters. The van der Waals surface area contributed by atoms with Gasteiger partial charge < -0.3 is 9.64 Å². The minimum absolute atomic E-state index is 0.0144. The van der Waals surface area contributed by atoms with Crippen LogP contribution in [0.3, 0.4) is 0 Å². The van der Waals surface area contributed by atoms with Gasteiger partial charge in [-0.1, -0.05) is 18.2 Å². The normalized spacial score (nSPS) is 21.9. The average molecular weight is 352 g/mol. The topological polar surface area (TPSA) is 53.3 Å². The highest BCUT2D eigenvalue weighted by Gasteiger charge is 2.47. The van der Waals surface area contributed by atoms with E-state index in [4.69, 9.17) is 10.00 Å². The SMILES string of the molecule is C=C1CC2(CCN(C(=O)OC(C)(C)C)C(c3ccc(C#N)cc3C)C2)C1. The van der Waals surface area contributed by atoms with Crippen molar-refractivity contribution < 1.29 is 9.53 Å². The van der Waals surface area contributed by atoms with Gasteiger partial charge in [-0.3, -0.25) is 0 Å². The molecule has 4 nitrogen and oxygen atoms in total. The molecule has 1 saturated heterocycles. The van der Waals surface area contributed by atoms with E-state index in [0.29, 0.717) is 12.1 Å². The summed E-state index contributed by atoms with van der Waals surface area (Å²) in [4.78, 5) is 14.7. The van der Waals surface area contributed by atoms with Crippen LogP contribution in [-0.2, 0) is 4.74 Å². The van der Waals surface area contributed by atoms with Gasteiger partial charge in [-0.25, -0.2) is 4.79 Å². The Morgan fingerprint density at radius 2 is 2.08 bits per heavy atom. The van der Waals surface area contributed by atoms with Crippen LogP contribution in [0.2, 0.25) is 0 Å². The van der Waals surface area contributed by atoms with Gasteiger partial charge in [0.05, 0.1) is 17.7 Å². The Morgan fingerprint density at radius 3 is 2.62 bits per heavy atom. The van der Waals surface area contributed by atoms with Crippen LogP contribution in [0.4, 0.5) is 4.79 Å². The summed E-state index contributed by atoms with van der Waals surface area (Å²) < 4.78 is 5.67. The lowest BCUT2D eigenvalue weighted by molar-refractivity contribution is -0.0176. The van der Waals surface area contributed by atoms with E-state index in [0.717, 1.165) is 36.8 Å². The van der Waals surface area contributed by atoms with Crippen LogP contribution in [0, 0.1) is 23.7 Å². The molecule has 1 aromatic rings. The minimum atomic E-state index is -0.513. The van der Waals surface area contributed by atoms with Crippen LogP contribution >= 0.6 is 0 Å². The second kappa shape index (κ2) is 6.46. The van der Waals surface area contributed by atoms with Gasteiger partial charge in [0.2, 0.25) is 0 Å². The first kappa shape index (κ1) is 18.5. The fraction of sp³-hybridized carbons (Fsp3) is 0.545. The van der Waals surface area contributed by atoms with Crippen molar-refractivity contribution in [2.45, 2.75) is 65.0 Å². The summed E-state index contributed by atoms with van der Waals surface area (Å²) in [7, 11) is 0. The van der Waals surface area contributed by atoms with E-state index in [9.17, 15) is 4.79 Å². The summed E-state index contributed by atoms with van der Waals surface area (Å²) in [6, 6.07) is 7.93.